The van der Waals surface area contributed by atoms with Crippen LogP contribution in [0, 0.1) is 0 Å². The largest absolute Gasteiger partial charge is 0.444 e. The summed E-state index contributed by atoms with van der Waals surface area (Å²) >= 11 is 6.02. The Bertz CT molecular complexity index is 958. The lowest BCUT2D eigenvalue weighted by Gasteiger charge is -2.23. The molecule has 1 heterocycles. The summed E-state index contributed by atoms with van der Waals surface area (Å²) in [5.41, 5.74) is 2.49. The van der Waals surface area contributed by atoms with E-state index >= 15 is 0 Å². The van der Waals surface area contributed by atoms with E-state index in [0.29, 0.717) is 18.0 Å². The molecule has 0 saturated carbocycles. The third-order valence-corrected chi connectivity index (χ3v) is 4.60. The lowest BCUT2D eigenvalue weighted by Crippen LogP contribution is -2.35. The van der Waals surface area contributed by atoms with E-state index in [4.69, 9.17) is 21.3 Å². The number of hydrogen-bond acceptors (Lipinski definition) is 3. The predicted octanol–water partition coefficient (Wildman–Crippen LogP) is 5.71. The summed E-state index contributed by atoms with van der Waals surface area (Å²) in [6.07, 6.45) is 0.257. The van der Waals surface area contributed by atoms with Gasteiger partial charge in [-0.2, -0.15) is 0 Å². The number of aromatic nitrogens is 2. The zero-order valence-corrected chi connectivity index (χ0v) is 17.5. The fraction of sp³-hybridized carbons (Fsp3) is 0.364. The van der Waals surface area contributed by atoms with E-state index in [1.807, 2.05) is 76.2 Å². The third-order valence-electron chi connectivity index (χ3n) is 4.35. The van der Waals surface area contributed by atoms with Crippen LogP contribution in [0.3, 0.4) is 0 Å². The molecule has 148 valence electrons. The van der Waals surface area contributed by atoms with E-state index in [0.717, 1.165) is 22.4 Å². The minimum Gasteiger partial charge on any atom is -0.444 e. The summed E-state index contributed by atoms with van der Waals surface area (Å²) in [4.78, 5) is 17.2. The van der Waals surface area contributed by atoms with Gasteiger partial charge in [0.1, 0.15) is 11.4 Å². The molecular formula is C22H26ClN3O2. The van der Waals surface area contributed by atoms with Crippen LogP contribution in [0.1, 0.15) is 51.5 Å². The van der Waals surface area contributed by atoms with Gasteiger partial charge in [0, 0.05) is 11.6 Å². The molecule has 1 amide bonds. The zero-order valence-electron chi connectivity index (χ0n) is 16.7. The molecule has 0 aliphatic carbocycles. The van der Waals surface area contributed by atoms with Crippen LogP contribution >= 0.6 is 11.6 Å². The number of carbonyl (C=O) groups excluding carboxylic acids is 1. The number of benzene rings is 2. The molecule has 0 spiro atoms. The first-order valence-electron chi connectivity index (χ1n) is 9.46. The molecule has 3 rings (SSSR count). The van der Waals surface area contributed by atoms with Crippen molar-refractivity contribution in [2.24, 2.45) is 0 Å². The summed E-state index contributed by atoms with van der Waals surface area (Å²) in [7, 11) is 0. The van der Waals surface area contributed by atoms with E-state index in [9.17, 15) is 4.79 Å². The number of fused-ring (bicyclic) bond motifs is 1. The first-order valence-corrected chi connectivity index (χ1v) is 9.83. The van der Waals surface area contributed by atoms with Crippen LogP contribution in [-0.4, -0.2) is 21.2 Å². The molecule has 0 aliphatic rings. The number of alkyl carbamates (subject to hydrolysis) is 1. The number of amides is 1. The van der Waals surface area contributed by atoms with E-state index in [2.05, 4.69) is 9.88 Å². The minimum absolute atomic E-state index is 0.255. The van der Waals surface area contributed by atoms with Gasteiger partial charge in [0.25, 0.3) is 0 Å². The Balaban J connectivity index is 1.96. The van der Waals surface area contributed by atoms with Crippen LogP contribution < -0.4 is 5.32 Å². The van der Waals surface area contributed by atoms with Crippen molar-refractivity contribution in [3.8, 4) is 0 Å². The number of halogens is 1. The fourth-order valence-electron chi connectivity index (χ4n) is 3.10. The second kappa shape index (κ2) is 8.23. The molecule has 1 unspecified atom stereocenters. The number of carbonyl (C=O) groups is 1. The quantitative estimate of drug-likeness (QED) is 0.597. The second-order valence-corrected chi connectivity index (χ2v) is 8.21. The Hall–Kier alpha value is -2.53. The Morgan fingerprint density at radius 3 is 2.50 bits per heavy atom. The van der Waals surface area contributed by atoms with Crippen molar-refractivity contribution in [2.45, 2.75) is 52.3 Å². The number of imidazole rings is 1. The fourth-order valence-corrected chi connectivity index (χ4v) is 3.22. The smallest absolute Gasteiger partial charge is 0.408 e. The van der Waals surface area contributed by atoms with E-state index in [1.54, 1.807) is 0 Å². The Morgan fingerprint density at radius 2 is 1.86 bits per heavy atom. The van der Waals surface area contributed by atoms with Gasteiger partial charge in [-0.15, -0.1) is 0 Å². The molecule has 0 radical (unpaired) electrons. The SMILES string of the molecule is CCC(NC(=O)OC(C)(C)C)c1nc2ccccc2n1Cc1ccc(Cl)cc1. The van der Waals surface area contributed by atoms with E-state index in [1.165, 1.54) is 0 Å². The predicted molar refractivity (Wildman–Crippen MR) is 113 cm³/mol. The van der Waals surface area contributed by atoms with Crippen molar-refractivity contribution in [1.29, 1.82) is 0 Å². The Morgan fingerprint density at radius 1 is 1.18 bits per heavy atom. The highest BCUT2D eigenvalue weighted by molar-refractivity contribution is 6.30. The summed E-state index contributed by atoms with van der Waals surface area (Å²) in [6.45, 7) is 8.21. The standard InChI is InChI=1S/C22H26ClN3O2/c1-5-17(25-21(27)28-22(2,3)4)20-24-18-8-6-7-9-19(18)26(20)14-15-10-12-16(23)13-11-15/h6-13,17H,5,14H2,1-4H3,(H,25,27). The van der Waals surface area contributed by atoms with Crippen molar-refractivity contribution in [3.05, 3.63) is 64.9 Å². The zero-order chi connectivity index (χ0) is 20.3. The molecule has 0 fully saturated rings. The summed E-state index contributed by atoms with van der Waals surface area (Å²) in [5.74, 6) is 0.810. The number of nitrogens with one attached hydrogen (secondary N) is 1. The Kier molecular flexibility index (Phi) is 5.94. The second-order valence-electron chi connectivity index (χ2n) is 7.78. The normalized spacial score (nSPS) is 12.8. The van der Waals surface area contributed by atoms with Crippen molar-refractivity contribution in [1.82, 2.24) is 14.9 Å². The highest BCUT2D eigenvalue weighted by atomic mass is 35.5. The molecule has 28 heavy (non-hydrogen) atoms. The van der Waals surface area contributed by atoms with Gasteiger partial charge in [0.15, 0.2) is 0 Å². The summed E-state index contributed by atoms with van der Waals surface area (Å²) in [6, 6.07) is 15.5. The summed E-state index contributed by atoms with van der Waals surface area (Å²) in [5, 5.41) is 3.68. The van der Waals surface area contributed by atoms with Gasteiger partial charge in [-0.05, 0) is 57.0 Å². The molecule has 0 bridgehead atoms. The van der Waals surface area contributed by atoms with Gasteiger partial charge in [0.2, 0.25) is 0 Å². The number of rotatable bonds is 5. The molecule has 1 aromatic heterocycles. The molecule has 1 N–H and O–H groups in total. The maximum Gasteiger partial charge on any atom is 0.408 e. The average Bonchev–Trinajstić information content (AvgIpc) is 2.98. The minimum atomic E-state index is -0.550. The van der Waals surface area contributed by atoms with E-state index < -0.39 is 11.7 Å². The van der Waals surface area contributed by atoms with Gasteiger partial charge < -0.3 is 14.6 Å². The third kappa shape index (κ3) is 4.84. The number of hydrogen-bond donors (Lipinski definition) is 1. The van der Waals surface area contributed by atoms with Crippen LogP contribution in [0.4, 0.5) is 4.79 Å². The average molecular weight is 400 g/mol. The van der Waals surface area contributed by atoms with Crippen LogP contribution in [0.25, 0.3) is 11.0 Å². The van der Waals surface area contributed by atoms with Gasteiger partial charge in [-0.3, -0.25) is 0 Å². The molecular weight excluding hydrogens is 374 g/mol. The maximum atomic E-state index is 12.3. The topological polar surface area (TPSA) is 56.1 Å². The highest BCUT2D eigenvalue weighted by Crippen LogP contribution is 2.25. The molecule has 1 atom stereocenters. The van der Waals surface area contributed by atoms with Gasteiger partial charge >= 0.3 is 6.09 Å². The van der Waals surface area contributed by atoms with Crippen molar-refractivity contribution < 1.29 is 9.53 Å². The van der Waals surface area contributed by atoms with Crippen molar-refractivity contribution >= 4 is 28.7 Å². The van der Waals surface area contributed by atoms with Crippen LogP contribution in [-0.2, 0) is 11.3 Å². The molecule has 3 aromatic rings. The van der Waals surface area contributed by atoms with Gasteiger partial charge in [-0.1, -0.05) is 42.8 Å². The molecule has 0 saturated heterocycles. The molecule has 2 aromatic carbocycles. The monoisotopic (exact) mass is 399 g/mol. The molecule has 6 heteroatoms. The van der Waals surface area contributed by atoms with Crippen LogP contribution in [0.2, 0.25) is 5.02 Å². The Labute approximate surface area is 170 Å². The lowest BCUT2D eigenvalue weighted by atomic mass is 10.2. The molecule has 5 nitrogen and oxygen atoms in total. The van der Waals surface area contributed by atoms with Crippen LogP contribution in [0.5, 0.6) is 0 Å². The molecule has 0 aliphatic heterocycles. The van der Waals surface area contributed by atoms with E-state index in [-0.39, 0.29) is 6.04 Å². The van der Waals surface area contributed by atoms with Crippen LogP contribution in [0.15, 0.2) is 48.5 Å². The lowest BCUT2D eigenvalue weighted by molar-refractivity contribution is 0.0499. The first-order chi connectivity index (χ1) is 13.3. The first kappa shape index (κ1) is 20.2. The number of nitrogens with zero attached hydrogens (tertiary/aromatic N) is 2. The van der Waals surface area contributed by atoms with Gasteiger partial charge in [-0.25, -0.2) is 9.78 Å². The number of ether oxygens (including phenoxy) is 1. The van der Waals surface area contributed by atoms with Crippen molar-refractivity contribution in [3.63, 3.8) is 0 Å². The number of para-hydroxylation sites is 2. The highest BCUT2D eigenvalue weighted by Gasteiger charge is 2.24. The van der Waals surface area contributed by atoms with Crippen molar-refractivity contribution in [2.75, 3.05) is 0 Å². The van der Waals surface area contributed by atoms with Gasteiger partial charge in [0.05, 0.1) is 17.1 Å². The summed E-state index contributed by atoms with van der Waals surface area (Å²) < 4.78 is 7.58. The maximum absolute atomic E-state index is 12.3.